The average Bonchev–Trinajstić information content (AvgIpc) is 3.48. The summed E-state index contributed by atoms with van der Waals surface area (Å²) in [5.41, 5.74) is 2.38. The number of carboxylic acid groups (broad SMARTS) is 1. The molecule has 1 aliphatic rings. The molecule has 0 saturated heterocycles. The lowest BCUT2D eigenvalue weighted by atomic mass is 10.2. The number of nitrogens with zero attached hydrogens (tertiary/aromatic N) is 5. The van der Waals surface area contributed by atoms with E-state index in [1.165, 1.54) is 4.57 Å². The van der Waals surface area contributed by atoms with E-state index in [9.17, 15) is 19.5 Å². The molecule has 188 valence electrons. The van der Waals surface area contributed by atoms with Crippen LogP contribution in [0.25, 0.3) is 22.1 Å². The van der Waals surface area contributed by atoms with Crippen molar-refractivity contribution in [2.45, 2.75) is 18.9 Å². The van der Waals surface area contributed by atoms with Gasteiger partial charge in [-0.3, -0.25) is 23.7 Å². The Morgan fingerprint density at radius 2 is 2.03 bits per heavy atom. The molecule has 0 aliphatic heterocycles. The molecule has 1 aliphatic carbocycles. The van der Waals surface area contributed by atoms with Crippen molar-refractivity contribution in [3.05, 3.63) is 79.8 Å². The number of hydrogen-bond acceptors (Lipinski definition) is 6. The van der Waals surface area contributed by atoms with E-state index in [1.807, 2.05) is 18.2 Å². The number of carboxylic acids is 1. The maximum Gasteiger partial charge on any atom is 0.332 e. The van der Waals surface area contributed by atoms with Crippen molar-refractivity contribution in [3.63, 3.8) is 0 Å². The summed E-state index contributed by atoms with van der Waals surface area (Å²) in [6.07, 6.45) is 2.16. The topological polar surface area (TPSA) is 140 Å². The van der Waals surface area contributed by atoms with Crippen molar-refractivity contribution >= 4 is 51.3 Å². The van der Waals surface area contributed by atoms with Crippen LogP contribution < -0.4 is 16.6 Å². The zero-order chi connectivity index (χ0) is 26.0. The molecule has 1 aromatic carbocycles. The maximum absolute atomic E-state index is 13.5. The number of aryl methyl sites for hydroxylation is 2. The highest BCUT2D eigenvalue weighted by atomic mass is 35.5. The van der Waals surface area contributed by atoms with Crippen molar-refractivity contribution in [3.8, 4) is 0 Å². The van der Waals surface area contributed by atoms with Gasteiger partial charge < -0.3 is 20.0 Å². The van der Waals surface area contributed by atoms with Crippen molar-refractivity contribution < 1.29 is 9.90 Å². The Morgan fingerprint density at radius 3 is 2.76 bits per heavy atom. The van der Waals surface area contributed by atoms with E-state index in [1.54, 1.807) is 43.1 Å². The molecule has 5 aromatic rings. The van der Waals surface area contributed by atoms with Gasteiger partial charge in [0.25, 0.3) is 5.56 Å². The van der Waals surface area contributed by atoms with Gasteiger partial charge in [-0.1, -0.05) is 17.7 Å². The first kappa shape index (κ1) is 23.0. The Kier molecular flexibility index (Phi) is 5.19. The summed E-state index contributed by atoms with van der Waals surface area (Å²) in [6, 6.07) is 10.8. The minimum Gasteiger partial charge on any atom is -0.481 e. The van der Waals surface area contributed by atoms with E-state index in [4.69, 9.17) is 11.6 Å². The molecule has 4 heterocycles. The van der Waals surface area contributed by atoms with Gasteiger partial charge in [-0.2, -0.15) is 4.98 Å². The number of halogens is 1. The third-order valence-electron chi connectivity index (χ3n) is 6.88. The van der Waals surface area contributed by atoms with Gasteiger partial charge in [-0.15, -0.1) is 0 Å². The van der Waals surface area contributed by atoms with Crippen LogP contribution in [0.2, 0.25) is 5.02 Å². The third kappa shape index (κ3) is 3.78. The molecule has 0 unspecified atom stereocenters. The zero-order valence-corrected chi connectivity index (χ0v) is 20.7. The van der Waals surface area contributed by atoms with Crippen LogP contribution in [-0.4, -0.2) is 39.7 Å². The largest absolute Gasteiger partial charge is 0.481 e. The van der Waals surface area contributed by atoms with Crippen LogP contribution in [0.1, 0.15) is 23.7 Å². The molecule has 11 nitrogen and oxygen atoms in total. The molecule has 1 saturated carbocycles. The van der Waals surface area contributed by atoms with Crippen LogP contribution in [0, 0.1) is 5.92 Å². The molecular weight excluding hydrogens is 498 g/mol. The molecule has 37 heavy (non-hydrogen) atoms. The monoisotopic (exact) mass is 519 g/mol. The van der Waals surface area contributed by atoms with E-state index < -0.39 is 23.1 Å². The summed E-state index contributed by atoms with van der Waals surface area (Å²) >= 11 is 6.28. The van der Waals surface area contributed by atoms with Gasteiger partial charge in [-0.05, 0) is 36.8 Å². The number of nitrogens with one attached hydrogen (secondary N) is 2. The number of rotatable bonds is 6. The molecule has 0 radical (unpaired) electrons. The molecule has 2 atom stereocenters. The molecule has 6 rings (SSSR count). The van der Waals surface area contributed by atoms with Crippen molar-refractivity contribution in [1.29, 1.82) is 0 Å². The van der Waals surface area contributed by atoms with Crippen LogP contribution in [0.15, 0.2) is 52.2 Å². The number of anilines is 2. The van der Waals surface area contributed by atoms with E-state index >= 15 is 0 Å². The third-order valence-corrected chi connectivity index (χ3v) is 7.21. The van der Waals surface area contributed by atoms with Crippen LogP contribution in [0.4, 0.5) is 11.6 Å². The first-order chi connectivity index (χ1) is 17.7. The van der Waals surface area contributed by atoms with Gasteiger partial charge in [-0.25, -0.2) is 4.79 Å². The van der Waals surface area contributed by atoms with Crippen LogP contribution in [0.3, 0.4) is 0 Å². The number of aromatic nitrogens is 6. The minimum absolute atomic E-state index is 0.0419. The van der Waals surface area contributed by atoms with Crippen LogP contribution >= 0.6 is 11.6 Å². The molecule has 0 spiro atoms. The second-order valence-electron chi connectivity index (χ2n) is 9.28. The number of hydrogen-bond donors (Lipinski definition) is 3. The van der Waals surface area contributed by atoms with Gasteiger partial charge in [0.1, 0.15) is 0 Å². The lowest BCUT2D eigenvalue weighted by Gasteiger charge is -2.08. The summed E-state index contributed by atoms with van der Waals surface area (Å²) in [5, 5.41) is 13.8. The highest BCUT2D eigenvalue weighted by molar-refractivity contribution is 6.35. The summed E-state index contributed by atoms with van der Waals surface area (Å²) in [5.74, 6) is -1.000. The minimum atomic E-state index is -0.826. The second kappa shape index (κ2) is 8.34. The number of aromatic amines is 1. The molecule has 12 heteroatoms. The Morgan fingerprint density at radius 1 is 1.22 bits per heavy atom. The number of benzene rings is 1. The lowest BCUT2D eigenvalue weighted by molar-refractivity contribution is -0.138. The quantitative estimate of drug-likeness (QED) is 0.313. The smallest absolute Gasteiger partial charge is 0.332 e. The fourth-order valence-electron chi connectivity index (χ4n) is 4.78. The second-order valence-corrected chi connectivity index (χ2v) is 9.68. The van der Waals surface area contributed by atoms with Crippen LogP contribution in [-0.2, 0) is 25.4 Å². The number of H-pyrrole nitrogens is 1. The molecule has 0 amide bonds. The van der Waals surface area contributed by atoms with E-state index in [0.29, 0.717) is 34.5 Å². The molecule has 0 bridgehead atoms. The van der Waals surface area contributed by atoms with Crippen molar-refractivity contribution in [1.82, 2.24) is 28.7 Å². The molecular formula is C25H22ClN7O4. The number of carbonyl (C=O) groups is 1. The molecule has 1 fully saturated rings. The zero-order valence-electron chi connectivity index (χ0n) is 19.9. The standard InChI is InChI=1S/C25H22ClN7O4/c1-31-20-21(30-24(31)29-12-6-7-27-19(9-12)14-10-15(14)23(35)36)32(2)25(37)33(22(20)34)11-13-8-16-17(26)4-3-5-18(16)28-13/h3-9,14-15,28H,10-11H2,1-2H3,(H,35,36)(H,27,29,30)/t14-,15-/m1/s1. The van der Waals surface area contributed by atoms with Gasteiger partial charge in [0.05, 0.1) is 12.5 Å². The summed E-state index contributed by atoms with van der Waals surface area (Å²) < 4.78 is 4.11. The predicted molar refractivity (Wildman–Crippen MR) is 139 cm³/mol. The van der Waals surface area contributed by atoms with Gasteiger partial charge in [0.2, 0.25) is 5.95 Å². The van der Waals surface area contributed by atoms with E-state index in [2.05, 4.69) is 20.3 Å². The Labute approximate surface area is 214 Å². The fourth-order valence-corrected chi connectivity index (χ4v) is 5.01. The molecule has 3 N–H and O–H groups in total. The number of fused-ring (bicyclic) bond motifs is 2. The Hall–Kier alpha value is -4.38. The van der Waals surface area contributed by atoms with Gasteiger partial charge >= 0.3 is 11.7 Å². The first-order valence-electron chi connectivity index (χ1n) is 11.6. The van der Waals surface area contributed by atoms with E-state index in [0.717, 1.165) is 15.5 Å². The van der Waals surface area contributed by atoms with Crippen molar-refractivity contribution in [2.75, 3.05) is 5.32 Å². The normalized spacial score (nSPS) is 16.9. The summed E-state index contributed by atoms with van der Waals surface area (Å²) in [4.78, 5) is 49.9. The highest BCUT2D eigenvalue weighted by Gasteiger charge is 2.45. The van der Waals surface area contributed by atoms with Gasteiger partial charge in [0, 0.05) is 59.2 Å². The fraction of sp³-hybridized carbons (Fsp3) is 0.240. The number of pyridine rings is 1. The number of imidazole rings is 1. The Bertz CT molecular complexity index is 1850. The first-order valence-corrected chi connectivity index (χ1v) is 12.0. The van der Waals surface area contributed by atoms with Gasteiger partial charge in [0.15, 0.2) is 11.2 Å². The predicted octanol–water partition coefficient (Wildman–Crippen LogP) is 2.94. The highest BCUT2D eigenvalue weighted by Crippen LogP contribution is 2.47. The average molecular weight is 520 g/mol. The molecule has 4 aromatic heterocycles. The van der Waals surface area contributed by atoms with Crippen molar-refractivity contribution in [2.24, 2.45) is 20.0 Å². The lowest BCUT2D eigenvalue weighted by Crippen LogP contribution is -2.39. The van der Waals surface area contributed by atoms with E-state index in [-0.39, 0.29) is 23.6 Å². The summed E-state index contributed by atoms with van der Waals surface area (Å²) in [6.45, 7) is 0.0419. The number of aliphatic carboxylic acids is 1. The Balaban J connectivity index is 1.37. The summed E-state index contributed by atoms with van der Waals surface area (Å²) in [7, 11) is 3.27. The SMILES string of the molecule is Cn1c(Nc2ccnc([C@@H]3C[C@H]3C(=O)O)c2)nc2c1c(=O)n(Cc1cc3c(Cl)cccc3[nH]1)c(=O)n2C. The maximum atomic E-state index is 13.5. The van der Waals surface area contributed by atoms with Crippen LogP contribution in [0.5, 0.6) is 0 Å².